The van der Waals surface area contributed by atoms with E-state index in [9.17, 15) is 72.1 Å². The Morgan fingerprint density at radius 1 is 0.662 bits per heavy atom. The van der Waals surface area contributed by atoms with E-state index >= 15 is 4.79 Å². The molecule has 39 heteroatoms. The van der Waals surface area contributed by atoms with Gasteiger partial charge >= 0.3 is 36.2 Å². The third-order valence-electron chi connectivity index (χ3n) is 23.3. The Kier molecular flexibility index (Phi) is 48.0. The number of carboxylic acid groups (broad SMARTS) is 2. The van der Waals surface area contributed by atoms with Crippen molar-refractivity contribution >= 4 is 100 Å². The molecule has 2 heterocycles. The monoisotopic (exact) mass is 1850 g/mol. The maximum Gasteiger partial charge on any atom is 0.407 e. The van der Waals surface area contributed by atoms with Crippen LogP contribution in [0.3, 0.4) is 0 Å². The Bertz CT molecular complexity index is 4170. The molecule has 130 heavy (non-hydrogen) atoms. The molecule has 12 atom stereocenters. The summed E-state index contributed by atoms with van der Waals surface area (Å²) in [6.45, 7) is 18.9. The van der Waals surface area contributed by atoms with Gasteiger partial charge in [-0.15, -0.1) is 23.2 Å². The van der Waals surface area contributed by atoms with E-state index in [1.54, 1.807) is 36.9 Å². The number of thiazole rings is 1. The molecule has 2 aliphatic carbocycles. The normalized spacial score (nSPS) is 17.2. The number of nitrogens with one attached hydrogen (secondary N) is 10. The van der Waals surface area contributed by atoms with Crippen LogP contribution >= 0.6 is 11.3 Å². The zero-order valence-corrected chi connectivity index (χ0v) is 77.8. The third-order valence-corrected chi connectivity index (χ3v) is 24.2. The molecule has 724 valence electrons. The molecule has 37 nitrogen and oxygen atoms in total. The first-order valence-electron chi connectivity index (χ1n) is 45.5. The molecule has 0 unspecified atom stereocenters. The second-order valence-electron chi connectivity index (χ2n) is 34.6. The summed E-state index contributed by atoms with van der Waals surface area (Å²) >= 11 is 1.01. The minimum absolute atomic E-state index is 0.0220. The molecule has 1 aliphatic heterocycles. The first kappa shape index (κ1) is 108. The van der Waals surface area contributed by atoms with Crippen molar-refractivity contribution < 1.29 is 110 Å². The quantitative estimate of drug-likeness (QED) is 0.0109. The Labute approximate surface area is 765 Å². The lowest BCUT2D eigenvalue weighted by Gasteiger charge is -2.40. The molecule has 0 spiro atoms. The number of ether oxygens (including phenoxy) is 7. The molecular formula is C91H140FN15O22S. The lowest BCUT2D eigenvalue weighted by atomic mass is 9.84. The van der Waals surface area contributed by atoms with Gasteiger partial charge in [0.05, 0.1) is 76.6 Å². The number of halogens is 1. The van der Waals surface area contributed by atoms with Gasteiger partial charge in [0.1, 0.15) is 47.3 Å². The van der Waals surface area contributed by atoms with Crippen LogP contribution in [0.25, 0.3) is 0 Å². The lowest BCUT2D eigenvalue weighted by Crippen LogP contribution is -2.59. The number of aliphatic carboxylic acids is 2. The summed E-state index contributed by atoms with van der Waals surface area (Å²) in [7, 11) is 1.90. The summed E-state index contributed by atoms with van der Waals surface area (Å²) in [5.74, 6) is -0.501. The topological polar surface area (TPSA) is 519 Å². The van der Waals surface area contributed by atoms with E-state index in [0.717, 1.165) is 75.7 Å². The van der Waals surface area contributed by atoms with Crippen molar-refractivity contribution in [2.24, 2.45) is 46.7 Å². The van der Waals surface area contributed by atoms with E-state index in [4.69, 9.17) is 49.6 Å². The smallest absolute Gasteiger partial charge is 0.407 e. The number of nitrogens with two attached hydrogens (primary N) is 2. The molecule has 0 radical (unpaired) electrons. The number of unbranched alkanes of at least 4 members (excludes halogenated alkanes) is 3. The van der Waals surface area contributed by atoms with E-state index in [-0.39, 0.29) is 157 Å². The maximum absolute atomic E-state index is 15.4. The van der Waals surface area contributed by atoms with Gasteiger partial charge < -0.3 is 113 Å². The number of carbonyl (C=O) groups excluding carboxylic acids is 11. The number of rotatable bonds is 60. The number of piperidine rings is 1. The van der Waals surface area contributed by atoms with Crippen LogP contribution in [0.2, 0.25) is 0 Å². The fraction of sp³-hybridized carbons (Fsp3) is 0.670. The van der Waals surface area contributed by atoms with E-state index in [1.165, 1.54) is 43.5 Å². The molecule has 2 aromatic carbocycles. The highest BCUT2D eigenvalue weighted by Crippen LogP contribution is 2.52. The Morgan fingerprint density at radius 2 is 1.29 bits per heavy atom. The number of likely N-dealkylation sites (tertiary alicyclic amines) is 1. The molecule has 2 fully saturated rings. The van der Waals surface area contributed by atoms with E-state index in [0.29, 0.717) is 81.1 Å². The van der Waals surface area contributed by atoms with Gasteiger partial charge in [-0.1, -0.05) is 98.8 Å². The zero-order valence-electron chi connectivity index (χ0n) is 77.0. The molecule has 3 aromatic rings. The van der Waals surface area contributed by atoms with Gasteiger partial charge in [-0.05, 0) is 163 Å². The number of anilines is 2. The summed E-state index contributed by atoms with van der Waals surface area (Å²) < 4.78 is 54.0. The van der Waals surface area contributed by atoms with Crippen molar-refractivity contribution in [2.75, 3.05) is 117 Å². The summed E-state index contributed by atoms with van der Waals surface area (Å²) in [5, 5.41) is 48.3. The van der Waals surface area contributed by atoms with Crippen LogP contribution in [0.4, 0.5) is 34.9 Å². The fourth-order valence-corrected chi connectivity index (χ4v) is 16.3. The Morgan fingerprint density at radius 3 is 1.91 bits per heavy atom. The highest BCUT2D eigenvalue weighted by atomic mass is 32.1. The number of amides is 12. The molecule has 6 rings (SSSR count). The zero-order chi connectivity index (χ0) is 95.2. The predicted molar refractivity (Wildman–Crippen MR) is 483 cm³/mol. The van der Waals surface area contributed by atoms with E-state index in [1.807, 2.05) is 39.6 Å². The second kappa shape index (κ2) is 57.6. The Hall–Kier alpha value is -10.5. The van der Waals surface area contributed by atoms with Crippen molar-refractivity contribution in [3.63, 3.8) is 0 Å². The van der Waals surface area contributed by atoms with Crippen LogP contribution in [0, 0.1) is 58.6 Å². The fourth-order valence-electron chi connectivity index (χ4n) is 15.4. The van der Waals surface area contributed by atoms with Crippen molar-refractivity contribution in [3.05, 3.63) is 75.5 Å². The molecule has 1 aromatic heterocycles. The minimum Gasteiger partial charge on any atom is -0.481 e. The van der Waals surface area contributed by atoms with Crippen LogP contribution in [-0.2, 0) is 84.5 Å². The lowest BCUT2D eigenvalue weighted by molar-refractivity contribution is -0.147. The standard InChI is InChI=1S/C91H140FN15O22S/c1-11-13-14-20-41-107(85(116)78(59(7)12-2)105-82(114)72-26-19-21-40-106(72)10)73(57(3)4)52-74(84-103-71(56-130-84)81(113)100-63(53-91(8,9)86(117)118)50-61-29-32-68(93)67(92)51-61)129-90(122)97-38-37-96-88(120)127-54-60-27-30-62(31-28-60)99-79(111)69(25-22-36-95-87(94)119)102-83(115)77(58(5)6)104-80(112)70(33-34-76(109)110)101-75(108)35-42-123-44-46-125-48-49-126-47-45-124-43-39-98-89(121)128-55-66-64-23-17-15-16-18-24-65(64)66/h27-32,51,56-59,63-66,69-70,72-74,77-78H,11-14,17-26,33-50,52-55,93H2,1-10H3,(H,96,120)(H,97,122)(H,98,121)(H,99,111)(H,100,113)(H,101,108)(H,102,115)(H,104,112)(H,105,114)(H,109,110)(H,117,118)(H3,94,95,119)/t59-,63-,64-,65+,66-,69-,70-,72+,73+,74+,77-,78-/m0/s1. The number of carbonyl (C=O) groups is 13. The number of nitrogens with zero attached hydrogens (tertiary/aromatic N) is 3. The Balaban J connectivity index is 1.01. The number of aromatic nitrogens is 1. The summed E-state index contributed by atoms with van der Waals surface area (Å²) in [6.07, 6.45) is 5.69. The molecule has 0 bridgehead atoms. The number of primary amides is 1. The van der Waals surface area contributed by atoms with Gasteiger partial charge in [0.25, 0.3) is 5.91 Å². The number of hydrogen-bond acceptors (Lipinski definition) is 24. The van der Waals surface area contributed by atoms with Crippen LogP contribution < -0.4 is 64.6 Å². The van der Waals surface area contributed by atoms with Crippen molar-refractivity contribution in [2.45, 2.75) is 246 Å². The van der Waals surface area contributed by atoms with Crippen molar-refractivity contribution in [3.8, 4) is 11.8 Å². The summed E-state index contributed by atoms with van der Waals surface area (Å²) in [4.78, 5) is 183. The SMILES string of the molecule is CCCCCCN(C(=O)[C@@H](NC(=O)[C@H]1CCCCN1C)[C@@H](C)CC)[C@H](C[C@@H](OC(=O)NCCNC(=O)OCc1ccc(NC(=O)[C@H](CCCNC(N)=O)NC(=O)[C@@H](NC(=O)[C@H](CCC(=O)O)NC(=O)CCOCCOCCOCCOCCNC(=O)OC[C@@H]2[C@@H]3CCC#CCC[C@@H]32)C(C)C)cc1)c1nc(C(=O)N[C@@H](Cc2ccc(N)c(F)c2)CC(C)(C)C(=O)O)cs1)C(C)C. The molecule has 16 N–H and O–H groups in total. The van der Waals surface area contributed by atoms with E-state index < -0.39 is 138 Å². The average Bonchev–Trinajstić information content (AvgIpc) is 1.62. The average molecular weight is 1850 g/mol. The number of carboxylic acids is 2. The van der Waals surface area contributed by atoms with Crippen LogP contribution in [0.5, 0.6) is 0 Å². The molecule has 1 saturated carbocycles. The van der Waals surface area contributed by atoms with Gasteiger partial charge in [0.15, 0.2) is 6.10 Å². The number of likely N-dealkylation sites (N-methyl/N-ethyl adjacent to an activating group) is 1. The molecule has 12 amide bonds. The van der Waals surface area contributed by atoms with Gasteiger partial charge in [-0.25, -0.2) is 28.6 Å². The minimum atomic E-state index is -1.40. The highest BCUT2D eigenvalue weighted by Gasteiger charge is 2.49. The molecule has 1 saturated heterocycles. The largest absolute Gasteiger partial charge is 0.481 e. The number of benzene rings is 2. The van der Waals surface area contributed by atoms with Gasteiger partial charge in [0, 0.05) is 88.0 Å². The molecule has 3 aliphatic rings. The predicted octanol–water partition coefficient (Wildman–Crippen LogP) is 8.22. The number of fused-ring (bicyclic) bond motifs is 1. The number of nitrogen functional groups attached to an aromatic ring is 1. The first-order chi connectivity index (χ1) is 62.1. The maximum atomic E-state index is 15.4. The third kappa shape index (κ3) is 39.3. The second-order valence-corrected chi connectivity index (χ2v) is 35.5. The number of hydrogen-bond donors (Lipinski definition) is 14. The van der Waals surface area contributed by atoms with Crippen molar-refractivity contribution in [1.82, 2.24) is 62.6 Å². The van der Waals surface area contributed by atoms with Crippen LogP contribution in [-0.4, -0.2) is 251 Å². The van der Waals surface area contributed by atoms with Gasteiger partial charge in [-0.3, -0.25) is 48.1 Å². The van der Waals surface area contributed by atoms with Gasteiger partial charge in [-0.2, -0.15) is 0 Å². The summed E-state index contributed by atoms with van der Waals surface area (Å²) in [5.41, 5.74) is 10.7. The van der Waals surface area contributed by atoms with Gasteiger partial charge in [0.2, 0.25) is 35.4 Å². The highest BCUT2D eigenvalue weighted by molar-refractivity contribution is 7.09. The van der Waals surface area contributed by atoms with Crippen molar-refractivity contribution in [1.29, 1.82) is 0 Å². The first-order valence-corrected chi connectivity index (χ1v) is 46.4. The summed E-state index contributed by atoms with van der Waals surface area (Å²) in [6, 6.07) is 2.72. The molecular weight excluding hydrogens is 1710 g/mol. The van der Waals surface area contributed by atoms with Crippen LogP contribution in [0.1, 0.15) is 217 Å². The number of urea groups is 1. The van der Waals surface area contributed by atoms with E-state index in [2.05, 4.69) is 71.9 Å². The van der Waals surface area contributed by atoms with Crippen LogP contribution in [0.15, 0.2) is 47.8 Å². The number of alkyl carbamates (subject to hydrolysis) is 3.